The maximum Gasteiger partial charge on any atom is 0.130 e. The van der Waals surface area contributed by atoms with Gasteiger partial charge in [-0.2, -0.15) is 0 Å². The summed E-state index contributed by atoms with van der Waals surface area (Å²) >= 11 is 0. The molecule has 0 unspecified atom stereocenters. The van der Waals surface area contributed by atoms with Crippen LogP contribution in [0, 0.1) is 19.5 Å². The van der Waals surface area contributed by atoms with E-state index in [1.165, 1.54) is 18.2 Å². The first-order chi connectivity index (χ1) is 15.2. The lowest BCUT2D eigenvalue weighted by Crippen LogP contribution is -2.39. The zero-order chi connectivity index (χ0) is 24.3. The Kier molecular flexibility index (Phi) is 2.80. The molecule has 1 aromatic heterocycles. The summed E-state index contributed by atoms with van der Waals surface area (Å²) in [6.45, 7) is 1.36. The minimum Gasteiger partial charge on any atom is -0.256 e. The zero-order valence-electron chi connectivity index (χ0n) is 21.5. The van der Waals surface area contributed by atoms with Gasteiger partial charge in [0.15, 0.2) is 0 Å². The number of fused-ring (bicyclic) bond motifs is 3. The number of benzene rings is 3. The first kappa shape index (κ1) is 12.0. The van der Waals surface area contributed by atoms with Crippen molar-refractivity contribution in [2.75, 3.05) is 0 Å². The van der Waals surface area contributed by atoms with Gasteiger partial charge < -0.3 is 0 Å². The number of halogens is 1. The van der Waals surface area contributed by atoms with Gasteiger partial charge in [0.1, 0.15) is 5.82 Å². The normalized spacial score (nSPS) is 16.3. The van der Waals surface area contributed by atoms with Crippen molar-refractivity contribution in [2.45, 2.75) is 33.3 Å². The molecule has 0 fully saturated rings. The molecule has 0 atom stereocenters. The van der Waals surface area contributed by atoms with Gasteiger partial charge in [0.05, 0.1) is 13.8 Å². The van der Waals surface area contributed by atoms with Crippen molar-refractivity contribution in [3.8, 4) is 11.3 Å². The molecule has 0 aliphatic carbocycles. The monoisotopic (exact) mass is 379 g/mol. The second-order valence-corrected chi connectivity index (χ2v) is 12.9. The van der Waals surface area contributed by atoms with Crippen LogP contribution in [0.4, 0.5) is 4.39 Å². The van der Waals surface area contributed by atoms with Crippen molar-refractivity contribution in [3.05, 3.63) is 71.7 Å². The van der Waals surface area contributed by atoms with Crippen molar-refractivity contribution < 1.29 is 12.6 Å². The van der Waals surface area contributed by atoms with E-state index in [2.05, 4.69) is 24.6 Å². The predicted molar refractivity (Wildman–Crippen MR) is 117 cm³/mol. The largest absolute Gasteiger partial charge is 0.256 e. The van der Waals surface area contributed by atoms with Crippen molar-refractivity contribution in [1.29, 1.82) is 0 Å². The Morgan fingerprint density at radius 3 is 2.11 bits per heavy atom. The average molecular weight is 380 g/mol. The molecule has 27 heavy (non-hydrogen) atoms. The first-order valence-corrected chi connectivity index (χ1v) is 12.3. The second kappa shape index (κ2) is 6.27. The lowest BCUT2D eigenvalue weighted by atomic mass is 9.97. The Bertz CT molecular complexity index is 1350. The van der Waals surface area contributed by atoms with Crippen LogP contribution in [0.15, 0.2) is 54.7 Å². The Hall–Kier alpha value is -2.52. The van der Waals surface area contributed by atoms with Crippen LogP contribution >= 0.6 is 0 Å². The summed E-state index contributed by atoms with van der Waals surface area (Å²) in [5.74, 6) is -0.207. The number of nitrogens with zero attached hydrogens (tertiary/aromatic N) is 1. The zero-order valence-corrected chi connectivity index (χ0v) is 16.5. The van der Waals surface area contributed by atoms with Crippen molar-refractivity contribution in [3.63, 3.8) is 0 Å². The molecule has 0 radical (unpaired) electrons. The van der Waals surface area contributed by atoms with Crippen LogP contribution < -0.4 is 5.19 Å². The van der Waals surface area contributed by atoms with Crippen LogP contribution in [0.5, 0.6) is 0 Å². The van der Waals surface area contributed by atoms with Gasteiger partial charge in [-0.1, -0.05) is 61.1 Å². The van der Waals surface area contributed by atoms with E-state index in [0.717, 1.165) is 16.0 Å². The first-order valence-electron chi connectivity index (χ1n) is 11.8. The smallest absolute Gasteiger partial charge is 0.130 e. The van der Waals surface area contributed by atoms with Crippen LogP contribution in [0.2, 0.25) is 19.6 Å². The summed E-state index contributed by atoms with van der Waals surface area (Å²) in [6.07, 6.45) is 1.58. The van der Waals surface area contributed by atoms with E-state index in [9.17, 15) is 0 Å². The van der Waals surface area contributed by atoms with Crippen molar-refractivity contribution in [2.24, 2.45) is 0 Å². The summed E-state index contributed by atoms with van der Waals surface area (Å²) in [5, 5.41) is 3.49. The molecule has 4 aromatic rings. The molecule has 0 spiro atoms. The summed E-state index contributed by atoms with van der Waals surface area (Å²) < 4.78 is 62.1. The highest BCUT2D eigenvalue weighted by molar-refractivity contribution is 6.88. The standard InChI is InChI=1S/C24H24FNSi/c1-15-12-16(2)14-17(13-15)24-21-7-6-20-18(19(21)10-11-26-24)8-9-22(23(20)25)27(3,4)5/h6-14H,1-5H3/i1D3,2D3. The highest BCUT2D eigenvalue weighted by Crippen LogP contribution is 2.33. The summed E-state index contributed by atoms with van der Waals surface area (Å²) in [5.41, 5.74) is 0.743. The van der Waals surface area contributed by atoms with E-state index in [-0.39, 0.29) is 16.9 Å². The van der Waals surface area contributed by atoms with E-state index in [4.69, 9.17) is 8.22 Å². The molecular formula is C24H24FNSi. The number of aromatic nitrogens is 1. The minimum atomic E-state index is -2.47. The third kappa shape index (κ3) is 3.06. The summed E-state index contributed by atoms with van der Waals surface area (Å²) in [7, 11) is -1.87. The molecule has 0 aliphatic rings. The Labute approximate surface area is 169 Å². The summed E-state index contributed by atoms with van der Waals surface area (Å²) in [6, 6.07) is 13.2. The highest BCUT2D eigenvalue weighted by Gasteiger charge is 2.22. The Morgan fingerprint density at radius 2 is 1.44 bits per heavy atom. The SMILES string of the molecule is [2H]C([2H])([2H])c1cc(-c2nccc3c2ccc2c(F)c([Si](C)(C)C)ccc23)cc(C([2H])([2H])[2H])c1. The van der Waals surface area contributed by atoms with Gasteiger partial charge in [0.2, 0.25) is 0 Å². The van der Waals surface area contributed by atoms with E-state index < -0.39 is 21.8 Å². The topological polar surface area (TPSA) is 12.9 Å². The van der Waals surface area contributed by atoms with E-state index >= 15 is 4.39 Å². The Balaban J connectivity index is 2.02. The maximum atomic E-state index is 15.4. The molecule has 0 saturated heterocycles. The van der Waals surface area contributed by atoms with Crippen LogP contribution in [0.3, 0.4) is 0 Å². The minimum absolute atomic E-state index is 0.0588. The van der Waals surface area contributed by atoms with Crippen molar-refractivity contribution in [1.82, 2.24) is 4.98 Å². The molecule has 0 saturated carbocycles. The van der Waals surface area contributed by atoms with Gasteiger partial charge in [-0.05, 0) is 47.9 Å². The maximum absolute atomic E-state index is 15.4. The highest BCUT2D eigenvalue weighted by atomic mass is 28.3. The number of aryl methyl sites for hydroxylation is 2. The number of pyridine rings is 1. The average Bonchev–Trinajstić information content (AvgIpc) is 2.71. The van der Waals surface area contributed by atoms with E-state index in [1.807, 2.05) is 12.1 Å². The molecule has 1 nitrogen and oxygen atoms in total. The van der Waals surface area contributed by atoms with Crippen LogP contribution in [-0.2, 0) is 0 Å². The van der Waals surface area contributed by atoms with Gasteiger partial charge in [-0.25, -0.2) is 4.39 Å². The fourth-order valence-corrected chi connectivity index (χ4v) is 4.98. The molecular weight excluding hydrogens is 349 g/mol. The Morgan fingerprint density at radius 1 is 0.815 bits per heavy atom. The third-order valence-corrected chi connectivity index (χ3v) is 6.89. The molecule has 3 aromatic carbocycles. The van der Waals surface area contributed by atoms with Gasteiger partial charge in [-0.15, -0.1) is 0 Å². The van der Waals surface area contributed by atoms with Crippen LogP contribution in [0.25, 0.3) is 32.8 Å². The molecule has 3 heteroatoms. The predicted octanol–water partition coefficient (Wildman–Crippen LogP) is 6.36. The number of hydrogen-bond acceptors (Lipinski definition) is 1. The molecule has 0 bridgehead atoms. The van der Waals surface area contributed by atoms with Crippen LogP contribution in [-0.4, -0.2) is 13.1 Å². The number of hydrogen-bond donors (Lipinski definition) is 0. The fraction of sp³-hybridized carbons (Fsp3) is 0.208. The molecule has 1 heterocycles. The van der Waals surface area contributed by atoms with E-state index in [0.29, 0.717) is 22.0 Å². The molecule has 4 rings (SSSR count). The molecule has 0 N–H and O–H groups in total. The third-order valence-electron chi connectivity index (χ3n) is 4.89. The van der Waals surface area contributed by atoms with Gasteiger partial charge in [0, 0.05) is 30.8 Å². The summed E-state index contributed by atoms with van der Waals surface area (Å²) in [4.78, 5) is 4.46. The van der Waals surface area contributed by atoms with Crippen LogP contribution in [0.1, 0.15) is 19.4 Å². The fourth-order valence-electron chi connectivity index (χ4n) is 3.61. The molecule has 0 aliphatic heterocycles. The quantitative estimate of drug-likeness (QED) is 0.292. The van der Waals surface area contributed by atoms with Gasteiger partial charge >= 0.3 is 0 Å². The molecule has 136 valence electrons. The lowest BCUT2D eigenvalue weighted by molar-refractivity contribution is 0.647. The number of rotatable bonds is 2. The lowest BCUT2D eigenvalue weighted by Gasteiger charge is -2.19. The van der Waals surface area contributed by atoms with Gasteiger partial charge in [-0.3, -0.25) is 4.98 Å². The second-order valence-electron chi connectivity index (χ2n) is 7.89. The van der Waals surface area contributed by atoms with Gasteiger partial charge in [0.25, 0.3) is 0 Å². The van der Waals surface area contributed by atoms with Crippen molar-refractivity contribution >= 4 is 34.8 Å². The van der Waals surface area contributed by atoms with E-state index in [1.54, 1.807) is 24.4 Å². The molecule has 0 amide bonds.